The zero-order valence-electron chi connectivity index (χ0n) is 59.3. The molecule has 17 rings (SSSR count). The lowest BCUT2D eigenvalue weighted by Gasteiger charge is -2.20. The second-order valence-electron chi connectivity index (χ2n) is 28.8. The Bertz CT molecular complexity index is 5970. The third-order valence-electron chi connectivity index (χ3n) is 18.1. The fourth-order valence-corrected chi connectivity index (χ4v) is 13.0. The maximum atomic E-state index is 14.4. The Hall–Kier alpha value is -14.5. The van der Waals surface area contributed by atoms with Gasteiger partial charge in [-0.1, -0.05) is 53.4 Å². The van der Waals surface area contributed by atoms with E-state index < -0.39 is 69.7 Å². The van der Waals surface area contributed by atoms with Gasteiger partial charge in [0.1, 0.15) is 44.5 Å². The van der Waals surface area contributed by atoms with E-state index in [1.54, 1.807) is 72.8 Å². The number of hydrogen-bond donors (Lipinski definition) is 4. The normalized spacial score (nSPS) is 14.1. The zero-order chi connectivity index (χ0) is 77.1. The van der Waals surface area contributed by atoms with Gasteiger partial charge in [0, 0.05) is 68.8 Å². The van der Waals surface area contributed by atoms with Gasteiger partial charge in [-0.15, -0.1) is 0 Å². The van der Waals surface area contributed by atoms with Crippen LogP contribution in [-0.4, -0.2) is 110 Å². The molecule has 0 atom stereocenters. The average molecular weight is 1460 g/mol. The summed E-state index contributed by atoms with van der Waals surface area (Å²) in [5.41, 5.74) is 0.156. The van der Waals surface area contributed by atoms with E-state index in [9.17, 15) is 58.8 Å². The molecule has 0 radical (unpaired) electrons. The van der Waals surface area contributed by atoms with Crippen molar-refractivity contribution in [1.82, 2.24) is 19.9 Å². The topological polar surface area (TPSA) is 335 Å². The number of carbonyl (C=O) groups excluding carboxylic acids is 8. The lowest BCUT2D eigenvalue weighted by Crippen LogP contribution is -2.32. The first-order valence-electron chi connectivity index (χ1n) is 34.2. The minimum Gasteiger partial charge on any atom is -0.436 e. The van der Waals surface area contributed by atoms with E-state index in [-0.39, 0.29) is 113 Å². The van der Waals surface area contributed by atoms with Crippen molar-refractivity contribution in [3.63, 3.8) is 0 Å². The Morgan fingerprint density at radius 2 is 0.500 bits per heavy atom. The molecule has 4 N–H and O–H groups in total. The van der Waals surface area contributed by atoms with Gasteiger partial charge in [0.2, 0.25) is 23.6 Å². The number of carbonyl (C=O) groups is 8. The molecular weight excluding hydrogens is 1400 g/mol. The summed E-state index contributed by atoms with van der Waals surface area (Å²) in [5, 5.41) is 41.1. The number of nitrogens with zero attached hydrogens (tertiary/aromatic N) is 8. The van der Waals surface area contributed by atoms with E-state index in [1.807, 2.05) is 0 Å². The fourth-order valence-electron chi connectivity index (χ4n) is 13.0. The van der Waals surface area contributed by atoms with Crippen molar-refractivity contribution in [3.8, 4) is 93.2 Å². The summed E-state index contributed by atoms with van der Waals surface area (Å²) in [6.07, 6.45) is 0. The molecule has 8 heterocycles. The molecule has 4 aliphatic rings. The molecule has 4 aromatic heterocycles. The van der Waals surface area contributed by atoms with Crippen LogP contribution in [-0.2, 0) is 0 Å². The van der Waals surface area contributed by atoms with E-state index >= 15 is 0 Å². The second-order valence-corrected chi connectivity index (χ2v) is 28.8. The SMILES string of the molecule is CC(C)(O)C#Cc1ccc2c(c1)C(=O)N(c1cc(-c3nc4cc5oc(-c6cccc(-c7nc8cc9oc(-c%10cc(N%11C(=O)c%12ccc(C#CC(C)(C)O)cc%12C%11=O)cc(N%11C(=O)c%12ccc(C#CC(C)(C)O)cc%12C%11=O)c%10)nc9cc8o7)c6)nc5cc4o3)cc(N3C(=O)c4ccc(C#CC(C)(C)O)cc4C3=O)c1)C2=O. The quantitative estimate of drug-likeness (QED) is 0.0811. The minimum absolute atomic E-state index is 0.0304. The highest BCUT2D eigenvalue weighted by atomic mass is 16.4. The molecule has 9 aromatic carbocycles. The molecule has 0 saturated carbocycles. The van der Waals surface area contributed by atoms with Crippen molar-refractivity contribution >= 4 is 114 Å². The number of fused-ring (bicyclic) bond motifs is 8. The van der Waals surface area contributed by atoms with E-state index in [0.29, 0.717) is 66.6 Å². The summed E-state index contributed by atoms with van der Waals surface area (Å²) in [6, 6.07) is 40.1. The third kappa shape index (κ3) is 12.3. The highest BCUT2D eigenvalue weighted by molar-refractivity contribution is 6.38. The second kappa shape index (κ2) is 24.5. The van der Waals surface area contributed by atoms with Crippen LogP contribution in [0.25, 0.3) is 90.2 Å². The number of aromatic nitrogens is 4. The Morgan fingerprint density at radius 1 is 0.273 bits per heavy atom. The van der Waals surface area contributed by atoms with Crippen molar-refractivity contribution < 1.29 is 76.5 Å². The van der Waals surface area contributed by atoms with Crippen LogP contribution in [0.2, 0.25) is 0 Å². The maximum absolute atomic E-state index is 14.4. The molecule has 0 saturated heterocycles. The zero-order valence-corrected chi connectivity index (χ0v) is 59.3. The first-order chi connectivity index (χ1) is 52.2. The lowest BCUT2D eigenvalue weighted by atomic mass is 10.0. The number of rotatable bonds is 8. The van der Waals surface area contributed by atoms with Crippen LogP contribution >= 0.6 is 0 Å². The van der Waals surface area contributed by atoms with Gasteiger partial charge in [0.05, 0.1) is 67.3 Å². The van der Waals surface area contributed by atoms with E-state index in [1.165, 1.54) is 140 Å². The smallest absolute Gasteiger partial charge is 0.266 e. The van der Waals surface area contributed by atoms with Gasteiger partial charge in [0.25, 0.3) is 47.3 Å². The summed E-state index contributed by atoms with van der Waals surface area (Å²) in [5.74, 6) is 16.8. The van der Waals surface area contributed by atoms with Crippen molar-refractivity contribution in [2.24, 2.45) is 0 Å². The van der Waals surface area contributed by atoms with Crippen LogP contribution < -0.4 is 19.6 Å². The molecule has 0 unspecified atom stereocenters. The molecule has 0 fully saturated rings. The van der Waals surface area contributed by atoms with Crippen LogP contribution in [0.5, 0.6) is 0 Å². The van der Waals surface area contributed by atoms with Crippen molar-refractivity contribution in [2.75, 3.05) is 19.6 Å². The van der Waals surface area contributed by atoms with Gasteiger partial charge in [-0.25, -0.2) is 39.5 Å². The Morgan fingerprint density at radius 3 is 0.736 bits per heavy atom. The predicted octanol–water partition coefficient (Wildman–Crippen LogP) is 12.6. The van der Waals surface area contributed by atoms with Crippen LogP contribution in [0.1, 0.15) is 161 Å². The summed E-state index contributed by atoms with van der Waals surface area (Å²) in [7, 11) is 0. The largest absolute Gasteiger partial charge is 0.436 e. The van der Waals surface area contributed by atoms with Gasteiger partial charge < -0.3 is 38.1 Å². The average Bonchev–Trinajstić information content (AvgIpc) is 1.63. The van der Waals surface area contributed by atoms with Gasteiger partial charge in [0.15, 0.2) is 22.3 Å². The van der Waals surface area contributed by atoms with Gasteiger partial charge in [-0.05, 0) is 183 Å². The third-order valence-corrected chi connectivity index (χ3v) is 18.1. The highest BCUT2D eigenvalue weighted by Gasteiger charge is 2.43. The molecule has 4 aliphatic heterocycles. The molecule has 0 aliphatic carbocycles. The van der Waals surface area contributed by atoms with E-state index in [4.69, 9.17) is 37.6 Å². The summed E-state index contributed by atoms with van der Waals surface area (Å²) < 4.78 is 25.6. The number of benzene rings is 9. The standard InChI is InChI=1S/C86H54N8O16/c1-83(2,103)24-20-43-12-16-55-59(28-43)79(99)91(75(55)95)51-33-49(34-52(37-51)92-76(96)56-17-13-44(21-25-84(3,4)104)29-60(56)80(92)100)73-89-65-41-67-63(39-69(65)109-73)87-71(107-67)47-10-9-11-48(32-47)72-88-64-40-70-66(42-68(64)108-72)90-74(110-70)50-35-53(93-77(97)57-18-14-45(22-26-85(5,6)105)30-61(57)81(93)101)38-54(36-50)94-78(98)58-19-15-46(23-27-86(7,8)106)31-62(58)82(94)102/h9-19,28-42,103-106H,1-8H3. The Labute approximate surface area is 622 Å². The van der Waals surface area contributed by atoms with E-state index in [2.05, 4.69) is 47.4 Å². The predicted molar refractivity (Wildman–Crippen MR) is 401 cm³/mol. The summed E-state index contributed by atoms with van der Waals surface area (Å²) in [6.45, 7) is 12.1. The number of oxazole rings is 4. The van der Waals surface area contributed by atoms with Gasteiger partial charge >= 0.3 is 0 Å². The minimum atomic E-state index is -1.35. The first-order valence-corrected chi connectivity index (χ1v) is 34.2. The molecule has 13 aromatic rings. The van der Waals surface area contributed by atoms with Crippen LogP contribution in [0.3, 0.4) is 0 Å². The monoisotopic (exact) mass is 1450 g/mol. The summed E-state index contributed by atoms with van der Waals surface area (Å²) >= 11 is 0. The Balaban J connectivity index is 0.675. The first kappa shape index (κ1) is 68.6. The molecule has 8 amide bonds. The number of imide groups is 4. The van der Waals surface area contributed by atoms with Crippen LogP contribution in [0.4, 0.5) is 22.7 Å². The van der Waals surface area contributed by atoms with Crippen LogP contribution in [0.15, 0.2) is 175 Å². The fraction of sp³-hybridized carbons (Fsp3) is 0.140. The van der Waals surface area contributed by atoms with Gasteiger partial charge in [-0.2, -0.15) is 0 Å². The summed E-state index contributed by atoms with van der Waals surface area (Å²) in [4.78, 5) is 138. The van der Waals surface area contributed by atoms with Crippen molar-refractivity contribution in [2.45, 2.75) is 77.8 Å². The molecule has 24 heteroatoms. The number of aliphatic hydroxyl groups is 4. The molecule has 24 nitrogen and oxygen atoms in total. The highest BCUT2D eigenvalue weighted by Crippen LogP contribution is 2.43. The van der Waals surface area contributed by atoms with Crippen LogP contribution in [0, 0.1) is 47.4 Å². The molecular formula is C86H54N8O16. The Kier molecular flexibility index (Phi) is 15.3. The molecule has 0 bridgehead atoms. The maximum Gasteiger partial charge on any atom is 0.266 e. The lowest BCUT2D eigenvalue weighted by molar-refractivity contribution is 0.0908. The van der Waals surface area contributed by atoms with Crippen molar-refractivity contribution in [1.29, 1.82) is 0 Å². The number of hydrogen-bond acceptors (Lipinski definition) is 20. The number of amides is 8. The van der Waals surface area contributed by atoms with Gasteiger partial charge in [-0.3, -0.25) is 38.4 Å². The molecule has 534 valence electrons. The molecule has 0 spiro atoms. The molecule has 110 heavy (non-hydrogen) atoms. The van der Waals surface area contributed by atoms with E-state index in [0.717, 1.165) is 19.6 Å². The number of anilines is 4. The van der Waals surface area contributed by atoms with Crippen molar-refractivity contribution in [3.05, 3.63) is 224 Å².